The fourth-order valence-electron chi connectivity index (χ4n) is 1.79. The maximum Gasteiger partial charge on any atom is 0.0705 e. The van der Waals surface area contributed by atoms with E-state index in [0.29, 0.717) is 5.92 Å². The Morgan fingerprint density at radius 2 is 2.00 bits per heavy atom. The number of hydrogen-bond acceptors (Lipinski definition) is 1. The van der Waals surface area contributed by atoms with Gasteiger partial charge in [0.2, 0.25) is 0 Å². The number of nitrogens with zero attached hydrogens (tertiary/aromatic N) is 1. The maximum absolute atomic E-state index is 4.50. The molecule has 1 aromatic carbocycles. The number of hydrogen-bond donors (Lipinski definition) is 0. The van der Waals surface area contributed by atoms with Crippen LogP contribution in [0.1, 0.15) is 37.4 Å². The van der Waals surface area contributed by atoms with Crippen molar-refractivity contribution in [3.05, 3.63) is 41.6 Å². The van der Waals surface area contributed by atoms with Gasteiger partial charge in [-0.1, -0.05) is 26.0 Å². The summed E-state index contributed by atoms with van der Waals surface area (Å²) in [6.07, 6.45) is 1.19. The average Bonchev–Trinajstić information content (AvgIpc) is 2.27. The van der Waals surface area contributed by atoms with Crippen LogP contribution in [0, 0.1) is 6.92 Å². The monoisotopic (exact) mass is 199 g/mol. The number of rotatable bonds is 2. The van der Waals surface area contributed by atoms with Crippen molar-refractivity contribution in [2.24, 2.45) is 0 Å². The molecule has 1 nitrogen and oxygen atoms in total. The second kappa shape index (κ2) is 4.01. The highest BCUT2D eigenvalue weighted by atomic mass is 14.7. The fraction of sp³-hybridized carbons (Fsp3) is 0.357. The number of aromatic nitrogens is 1. The molecule has 0 N–H and O–H groups in total. The van der Waals surface area contributed by atoms with Gasteiger partial charge in [0.05, 0.1) is 5.52 Å². The molecule has 0 saturated heterocycles. The zero-order valence-electron chi connectivity index (χ0n) is 9.62. The molecule has 0 aliphatic carbocycles. The first-order valence-corrected chi connectivity index (χ1v) is 5.58. The average molecular weight is 199 g/mol. The maximum atomic E-state index is 4.50. The van der Waals surface area contributed by atoms with Gasteiger partial charge in [-0.3, -0.25) is 4.98 Å². The molecular weight excluding hydrogens is 182 g/mol. The highest BCUT2D eigenvalue weighted by Gasteiger charge is 2.03. The second-order valence-electron chi connectivity index (χ2n) is 4.21. The molecule has 0 aliphatic heterocycles. The third-order valence-corrected chi connectivity index (χ3v) is 3.03. The van der Waals surface area contributed by atoms with Crippen molar-refractivity contribution in [2.75, 3.05) is 0 Å². The van der Waals surface area contributed by atoms with Crippen LogP contribution in [0.3, 0.4) is 0 Å². The molecule has 1 heteroatoms. The molecule has 15 heavy (non-hydrogen) atoms. The van der Waals surface area contributed by atoms with Crippen LogP contribution in [0.15, 0.2) is 30.3 Å². The molecule has 0 amide bonds. The molecule has 0 saturated carbocycles. The number of aryl methyl sites for hydroxylation is 1. The van der Waals surface area contributed by atoms with E-state index in [2.05, 4.69) is 49.2 Å². The van der Waals surface area contributed by atoms with Crippen LogP contribution in [0.2, 0.25) is 0 Å². The van der Waals surface area contributed by atoms with E-state index in [9.17, 15) is 0 Å². The van der Waals surface area contributed by atoms with Gasteiger partial charge in [-0.2, -0.15) is 0 Å². The predicted octanol–water partition coefficient (Wildman–Crippen LogP) is 4.06. The molecule has 0 spiro atoms. The fourth-order valence-corrected chi connectivity index (χ4v) is 1.79. The van der Waals surface area contributed by atoms with E-state index in [4.69, 9.17) is 0 Å². The van der Waals surface area contributed by atoms with E-state index in [1.165, 1.54) is 17.4 Å². The molecule has 0 aliphatic rings. The lowest BCUT2D eigenvalue weighted by atomic mass is 9.97. The summed E-state index contributed by atoms with van der Waals surface area (Å²) in [4.78, 5) is 4.50. The molecule has 2 rings (SSSR count). The molecule has 1 aromatic heterocycles. The van der Waals surface area contributed by atoms with Gasteiger partial charge in [-0.05, 0) is 43.0 Å². The Hall–Kier alpha value is -1.37. The van der Waals surface area contributed by atoms with E-state index in [0.717, 1.165) is 11.2 Å². The summed E-state index contributed by atoms with van der Waals surface area (Å²) in [5.74, 6) is 0.635. The highest BCUT2D eigenvalue weighted by molar-refractivity contribution is 5.79. The van der Waals surface area contributed by atoms with E-state index in [-0.39, 0.29) is 0 Å². The van der Waals surface area contributed by atoms with Gasteiger partial charge in [0.1, 0.15) is 0 Å². The molecule has 0 bridgehead atoms. The van der Waals surface area contributed by atoms with Gasteiger partial charge in [0.25, 0.3) is 0 Å². The van der Waals surface area contributed by atoms with Gasteiger partial charge < -0.3 is 0 Å². The van der Waals surface area contributed by atoms with Crippen LogP contribution in [0.5, 0.6) is 0 Å². The Morgan fingerprint density at radius 3 is 2.73 bits per heavy atom. The van der Waals surface area contributed by atoms with Gasteiger partial charge in [0, 0.05) is 11.1 Å². The first-order valence-electron chi connectivity index (χ1n) is 5.58. The molecule has 1 heterocycles. The molecule has 0 radical (unpaired) electrons. The Morgan fingerprint density at radius 1 is 1.20 bits per heavy atom. The summed E-state index contributed by atoms with van der Waals surface area (Å²) in [6, 6.07) is 10.8. The summed E-state index contributed by atoms with van der Waals surface area (Å²) in [7, 11) is 0. The highest BCUT2D eigenvalue weighted by Crippen LogP contribution is 2.22. The van der Waals surface area contributed by atoms with Crippen molar-refractivity contribution in [3.8, 4) is 0 Å². The summed E-state index contributed by atoms with van der Waals surface area (Å²) < 4.78 is 0. The Labute approximate surface area is 91.2 Å². The third kappa shape index (κ3) is 2.01. The van der Waals surface area contributed by atoms with Crippen LogP contribution in [0.25, 0.3) is 10.9 Å². The van der Waals surface area contributed by atoms with Crippen molar-refractivity contribution < 1.29 is 0 Å². The Kier molecular flexibility index (Phi) is 2.72. The molecule has 1 atom stereocenters. The standard InChI is InChI=1S/C14H17N/c1-4-10(2)12-7-8-14-13(9-12)6-5-11(3)15-14/h5-10H,4H2,1-3H3. The summed E-state index contributed by atoms with van der Waals surface area (Å²) in [5, 5.41) is 1.25. The topological polar surface area (TPSA) is 12.9 Å². The normalized spacial score (nSPS) is 13.0. The zero-order chi connectivity index (χ0) is 10.8. The van der Waals surface area contributed by atoms with Gasteiger partial charge in [-0.25, -0.2) is 0 Å². The number of benzene rings is 1. The summed E-state index contributed by atoms with van der Waals surface area (Å²) in [6.45, 7) is 6.52. The van der Waals surface area contributed by atoms with Crippen LogP contribution in [0.4, 0.5) is 0 Å². The predicted molar refractivity (Wildman–Crippen MR) is 65.2 cm³/mol. The molecule has 0 fully saturated rings. The molecule has 2 aromatic rings. The first kappa shape index (κ1) is 10.2. The van der Waals surface area contributed by atoms with Crippen molar-refractivity contribution in [2.45, 2.75) is 33.1 Å². The molecular formula is C14H17N. The van der Waals surface area contributed by atoms with Gasteiger partial charge in [-0.15, -0.1) is 0 Å². The van der Waals surface area contributed by atoms with E-state index in [1.54, 1.807) is 0 Å². The van der Waals surface area contributed by atoms with Crippen LogP contribution in [-0.4, -0.2) is 4.98 Å². The van der Waals surface area contributed by atoms with Gasteiger partial charge >= 0.3 is 0 Å². The second-order valence-corrected chi connectivity index (χ2v) is 4.21. The smallest absolute Gasteiger partial charge is 0.0705 e. The largest absolute Gasteiger partial charge is 0.253 e. The minimum absolute atomic E-state index is 0.635. The number of pyridine rings is 1. The molecule has 78 valence electrons. The van der Waals surface area contributed by atoms with Crippen LogP contribution in [-0.2, 0) is 0 Å². The summed E-state index contributed by atoms with van der Waals surface area (Å²) >= 11 is 0. The molecule has 1 unspecified atom stereocenters. The quantitative estimate of drug-likeness (QED) is 0.710. The Balaban J connectivity index is 2.52. The van der Waals surface area contributed by atoms with Crippen molar-refractivity contribution >= 4 is 10.9 Å². The van der Waals surface area contributed by atoms with Crippen molar-refractivity contribution in [1.29, 1.82) is 0 Å². The van der Waals surface area contributed by atoms with E-state index >= 15 is 0 Å². The first-order chi connectivity index (χ1) is 7.20. The van der Waals surface area contributed by atoms with Crippen LogP contribution < -0.4 is 0 Å². The SMILES string of the molecule is CCC(C)c1ccc2nc(C)ccc2c1. The minimum Gasteiger partial charge on any atom is -0.253 e. The van der Waals surface area contributed by atoms with Gasteiger partial charge in [0.15, 0.2) is 0 Å². The van der Waals surface area contributed by atoms with Crippen LogP contribution >= 0.6 is 0 Å². The zero-order valence-corrected chi connectivity index (χ0v) is 9.62. The number of fused-ring (bicyclic) bond motifs is 1. The Bertz CT molecular complexity index is 474. The lowest BCUT2D eigenvalue weighted by molar-refractivity contribution is 0.734. The van der Waals surface area contributed by atoms with Crippen molar-refractivity contribution in [1.82, 2.24) is 4.98 Å². The lowest BCUT2D eigenvalue weighted by Crippen LogP contribution is -1.91. The van der Waals surface area contributed by atoms with E-state index in [1.807, 2.05) is 6.92 Å². The minimum atomic E-state index is 0.635. The summed E-state index contributed by atoms with van der Waals surface area (Å²) in [5.41, 5.74) is 3.59. The lowest BCUT2D eigenvalue weighted by Gasteiger charge is -2.09. The van der Waals surface area contributed by atoms with E-state index < -0.39 is 0 Å². The third-order valence-electron chi connectivity index (χ3n) is 3.03. The van der Waals surface area contributed by atoms with Crippen molar-refractivity contribution in [3.63, 3.8) is 0 Å².